The van der Waals surface area contributed by atoms with Crippen LogP contribution in [-0.2, 0) is 23.5 Å². The molecule has 10 nitrogen and oxygen atoms in total. The predicted molar refractivity (Wildman–Crippen MR) is 119 cm³/mol. The van der Waals surface area contributed by atoms with Crippen LogP contribution in [0.1, 0.15) is 47.8 Å². The van der Waals surface area contributed by atoms with Crippen molar-refractivity contribution in [3.8, 4) is 6.07 Å². The van der Waals surface area contributed by atoms with E-state index in [0.29, 0.717) is 0 Å². The van der Waals surface area contributed by atoms with E-state index in [0.717, 1.165) is 0 Å². The molecular weight excluding hydrogens is 432 g/mol. The lowest BCUT2D eigenvalue weighted by atomic mass is 9.92. The average Bonchev–Trinajstić information content (AvgIpc) is 2.91. The molecule has 1 fully saturated rings. The van der Waals surface area contributed by atoms with Gasteiger partial charge in [0.1, 0.15) is 24.7 Å². The maximum Gasteiger partial charge on any atom is 0.351 e. The molecule has 2 heterocycles. The second kappa shape index (κ2) is 9.13. The topological polar surface area (TPSA) is 133 Å². The second-order valence-electron chi connectivity index (χ2n) is 9.63. The lowest BCUT2D eigenvalue weighted by molar-refractivity contribution is -0.153. The van der Waals surface area contributed by atoms with Crippen LogP contribution in [-0.4, -0.2) is 48.1 Å². The molecule has 0 bridgehead atoms. The summed E-state index contributed by atoms with van der Waals surface area (Å²) in [6, 6.07) is 3.62. The van der Waals surface area contributed by atoms with E-state index in [4.69, 9.17) is 13.9 Å². The molecule has 1 aliphatic heterocycles. The molecule has 32 heavy (non-hydrogen) atoms. The number of hydrogen-bond donors (Lipinski definition) is 1. The molecule has 0 spiro atoms. The highest BCUT2D eigenvalue weighted by molar-refractivity contribution is 6.74. The fraction of sp³-hybridized carbons (Fsp3) is 0.667. The normalized spacial score (nSPS) is 25.8. The lowest BCUT2D eigenvalue weighted by Crippen LogP contribution is -2.53. The van der Waals surface area contributed by atoms with Gasteiger partial charge in [-0.25, -0.2) is 4.79 Å². The number of carbonyl (C=O) groups excluding carboxylic acids is 2. The van der Waals surface area contributed by atoms with Gasteiger partial charge in [0.2, 0.25) is 11.5 Å². The maximum absolute atomic E-state index is 12.7. The Bertz CT molecular complexity index is 980. The van der Waals surface area contributed by atoms with Crippen molar-refractivity contribution in [1.29, 1.82) is 5.26 Å². The number of amides is 1. The van der Waals surface area contributed by atoms with Gasteiger partial charge >= 0.3 is 11.7 Å². The Balaban J connectivity index is 2.50. The summed E-state index contributed by atoms with van der Waals surface area (Å²) in [5.41, 5.74) is -2.25. The van der Waals surface area contributed by atoms with E-state index in [2.05, 4.69) is 50.2 Å². The van der Waals surface area contributed by atoms with Crippen molar-refractivity contribution in [3.05, 3.63) is 22.7 Å². The number of aromatic nitrogens is 2. The van der Waals surface area contributed by atoms with E-state index >= 15 is 0 Å². The molecular formula is C21H32N4O6Si. The Kier molecular flexibility index (Phi) is 7.33. The number of nitrogens with one attached hydrogen (secondary N) is 1. The first kappa shape index (κ1) is 25.7. The number of hydrogen-bond acceptors (Lipinski definition) is 8. The minimum absolute atomic E-state index is 0.116. The van der Waals surface area contributed by atoms with Gasteiger partial charge in [-0.2, -0.15) is 10.2 Å². The summed E-state index contributed by atoms with van der Waals surface area (Å²) in [7, 11) is -2.37. The molecule has 0 aromatic carbocycles. The quantitative estimate of drug-likeness (QED) is 0.502. The molecule has 0 saturated carbocycles. The molecule has 4 atom stereocenters. The van der Waals surface area contributed by atoms with Crippen molar-refractivity contribution in [2.24, 2.45) is 5.92 Å². The fourth-order valence-corrected chi connectivity index (χ4v) is 4.67. The highest BCUT2D eigenvalue weighted by Crippen LogP contribution is 2.47. The van der Waals surface area contributed by atoms with Crippen LogP contribution in [0, 0.1) is 17.2 Å². The van der Waals surface area contributed by atoms with Gasteiger partial charge in [0.15, 0.2) is 8.32 Å². The Morgan fingerprint density at radius 2 is 2.00 bits per heavy atom. The molecule has 1 aromatic heterocycles. The van der Waals surface area contributed by atoms with E-state index < -0.39 is 43.8 Å². The molecule has 2 rings (SSSR count). The fourth-order valence-electron chi connectivity index (χ4n) is 3.27. The first-order valence-electron chi connectivity index (χ1n) is 10.4. The Hall–Kier alpha value is -2.55. The van der Waals surface area contributed by atoms with Crippen molar-refractivity contribution in [1.82, 2.24) is 9.55 Å². The van der Waals surface area contributed by atoms with Crippen LogP contribution in [0.3, 0.4) is 0 Å². The summed E-state index contributed by atoms with van der Waals surface area (Å²) in [5.74, 6) is -1.23. The zero-order chi connectivity index (χ0) is 24.5. The Labute approximate surface area is 189 Å². The molecule has 0 aliphatic carbocycles. The summed E-state index contributed by atoms with van der Waals surface area (Å²) in [6.45, 7) is 14.4. The molecule has 0 radical (unpaired) electrons. The molecule has 1 aromatic rings. The highest BCUT2D eigenvalue weighted by atomic mass is 28.4. The zero-order valence-corrected chi connectivity index (χ0v) is 20.9. The van der Waals surface area contributed by atoms with Crippen molar-refractivity contribution in [2.45, 2.75) is 77.6 Å². The summed E-state index contributed by atoms with van der Waals surface area (Å²) >= 11 is 0. The third-order valence-electron chi connectivity index (χ3n) is 6.03. The van der Waals surface area contributed by atoms with Crippen LogP contribution in [0.5, 0.6) is 0 Å². The summed E-state index contributed by atoms with van der Waals surface area (Å²) in [5, 5.41) is 12.4. The van der Waals surface area contributed by atoms with Gasteiger partial charge in [0.25, 0.3) is 0 Å². The van der Waals surface area contributed by atoms with Crippen LogP contribution in [0.15, 0.2) is 17.1 Å². The van der Waals surface area contributed by atoms with E-state index in [9.17, 15) is 19.6 Å². The summed E-state index contributed by atoms with van der Waals surface area (Å²) in [6.07, 6.45) is -0.184. The van der Waals surface area contributed by atoms with Crippen LogP contribution in [0.4, 0.5) is 5.82 Å². The van der Waals surface area contributed by atoms with Crippen LogP contribution >= 0.6 is 0 Å². The second-order valence-corrected chi connectivity index (χ2v) is 14.4. The van der Waals surface area contributed by atoms with Gasteiger partial charge in [0.05, 0.1) is 6.10 Å². The molecule has 11 heteroatoms. The lowest BCUT2D eigenvalue weighted by Gasteiger charge is -2.41. The van der Waals surface area contributed by atoms with Gasteiger partial charge in [0, 0.05) is 26.0 Å². The van der Waals surface area contributed by atoms with Crippen molar-refractivity contribution >= 4 is 26.0 Å². The van der Waals surface area contributed by atoms with Gasteiger partial charge < -0.3 is 19.2 Å². The van der Waals surface area contributed by atoms with E-state index in [-0.39, 0.29) is 23.4 Å². The Morgan fingerprint density at radius 3 is 2.47 bits per heavy atom. The minimum atomic E-state index is -2.37. The largest absolute Gasteiger partial charge is 0.462 e. The van der Waals surface area contributed by atoms with Crippen molar-refractivity contribution < 1.29 is 23.5 Å². The highest BCUT2D eigenvalue weighted by Gasteiger charge is 2.59. The number of nitrogens with zero attached hydrogens (tertiary/aromatic N) is 3. The number of anilines is 1. The molecule has 176 valence electrons. The first-order valence-corrected chi connectivity index (χ1v) is 13.3. The number of ether oxygens (including phenoxy) is 2. The summed E-state index contributed by atoms with van der Waals surface area (Å²) in [4.78, 5) is 39.3. The smallest absolute Gasteiger partial charge is 0.351 e. The molecule has 1 N–H and O–H groups in total. The van der Waals surface area contributed by atoms with Crippen LogP contribution in [0.25, 0.3) is 0 Å². The number of carbonyl (C=O) groups is 2. The van der Waals surface area contributed by atoms with Gasteiger partial charge in [-0.1, -0.05) is 27.7 Å². The predicted octanol–water partition coefficient (Wildman–Crippen LogP) is 2.58. The van der Waals surface area contributed by atoms with E-state index in [1.54, 1.807) is 0 Å². The Morgan fingerprint density at radius 1 is 1.38 bits per heavy atom. The standard InChI is InChI=1S/C21H32N4O6Si/c1-13-17(31-32(7,8)20(4,5)6)21(11-22,12-29-15(3)27)30-18(13)25-10-9-16(23-14(2)26)24-19(25)28/h9-10,13,17-18H,12H2,1-8H3,(H,23,24,26,28). The molecule has 1 amide bonds. The maximum atomic E-state index is 12.7. The monoisotopic (exact) mass is 464 g/mol. The average molecular weight is 465 g/mol. The third-order valence-corrected chi connectivity index (χ3v) is 10.5. The van der Waals surface area contributed by atoms with Crippen LogP contribution < -0.4 is 11.0 Å². The van der Waals surface area contributed by atoms with E-state index in [1.807, 2.05) is 6.92 Å². The third kappa shape index (κ3) is 5.25. The van der Waals surface area contributed by atoms with Gasteiger partial charge in [-0.05, 0) is 24.2 Å². The zero-order valence-electron chi connectivity index (χ0n) is 19.9. The number of rotatable bonds is 6. The van der Waals surface area contributed by atoms with E-state index in [1.165, 1.54) is 30.7 Å². The molecule has 1 aliphatic rings. The number of nitriles is 1. The first-order chi connectivity index (χ1) is 14.6. The van der Waals surface area contributed by atoms with Gasteiger partial charge in [-0.3, -0.25) is 14.2 Å². The summed E-state index contributed by atoms with van der Waals surface area (Å²) < 4.78 is 19.1. The van der Waals surface area contributed by atoms with Crippen molar-refractivity contribution in [3.63, 3.8) is 0 Å². The molecule has 4 unspecified atom stereocenters. The van der Waals surface area contributed by atoms with Gasteiger partial charge in [-0.15, -0.1) is 0 Å². The minimum Gasteiger partial charge on any atom is -0.462 e. The number of esters is 1. The molecule has 1 saturated heterocycles. The SMILES string of the molecule is CC(=O)Nc1ccn(C2OC(C#N)(COC(C)=O)C(O[Si](C)(C)C(C)(C)C)C2C)c(=O)n1. The van der Waals surface area contributed by atoms with Crippen LogP contribution in [0.2, 0.25) is 18.1 Å². The van der Waals surface area contributed by atoms with Crippen molar-refractivity contribution in [2.75, 3.05) is 11.9 Å².